The van der Waals surface area contributed by atoms with Gasteiger partial charge in [0.05, 0.1) is 0 Å². The number of carbonyl (C=O) groups is 1. The quantitative estimate of drug-likeness (QED) is 0.757. The molecule has 3 nitrogen and oxygen atoms in total. The fraction of sp³-hybridized carbons (Fsp3) is 0.182. The van der Waals surface area contributed by atoms with E-state index in [-0.39, 0.29) is 6.04 Å². The Morgan fingerprint density at radius 3 is 2.64 bits per heavy atom. The first-order valence-corrected chi connectivity index (χ1v) is 4.38. The second kappa shape index (κ2) is 4.07. The van der Waals surface area contributed by atoms with Gasteiger partial charge in [0, 0.05) is 11.6 Å². The second-order valence-corrected chi connectivity index (χ2v) is 3.20. The van der Waals surface area contributed by atoms with Crippen molar-refractivity contribution >= 4 is 12.0 Å². The maximum absolute atomic E-state index is 11.0. The molecule has 0 saturated carbocycles. The minimum absolute atomic E-state index is 0.0596. The standard InChI is InChI=1S/C11H14N2O/c1-3-8-6-9(7(2)12)4-5-10(8)11(13)14/h3-7H,1,12H2,2H3,(H2,13,14). The molecule has 1 aromatic rings. The Morgan fingerprint density at radius 2 is 2.21 bits per heavy atom. The van der Waals surface area contributed by atoms with Crippen molar-refractivity contribution in [3.05, 3.63) is 41.5 Å². The van der Waals surface area contributed by atoms with Crippen molar-refractivity contribution in [1.29, 1.82) is 0 Å². The average molecular weight is 190 g/mol. The van der Waals surface area contributed by atoms with Gasteiger partial charge in [-0.3, -0.25) is 4.79 Å². The van der Waals surface area contributed by atoms with Gasteiger partial charge in [-0.15, -0.1) is 0 Å². The van der Waals surface area contributed by atoms with E-state index >= 15 is 0 Å². The molecule has 3 heteroatoms. The molecule has 1 atom stereocenters. The van der Waals surface area contributed by atoms with Crippen molar-refractivity contribution in [2.45, 2.75) is 13.0 Å². The molecule has 74 valence electrons. The summed E-state index contributed by atoms with van der Waals surface area (Å²) in [6.07, 6.45) is 1.60. The van der Waals surface area contributed by atoms with Gasteiger partial charge in [0.1, 0.15) is 0 Å². The van der Waals surface area contributed by atoms with Crippen LogP contribution >= 0.6 is 0 Å². The number of amides is 1. The highest BCUT2D eigenvalue weighted by Gasteiger charge is 2.07. The molecule has 0 aliphatic carbocycles. The monoisotopic (exact) mass is 190 g/mol. The summed E-state index contributed by atoms with van der Waals surface area (Å²) in [5.41, 5.74) is 13.1. The summed E-state index contributed by atoms with van der Waals surface area (Å²) < 4.78 is 0. The summed E-state index contributed by atoms with van der Waals surface area (Å²) >= 11 is 0. The number of hydrogen-bond donors (Lipinski definition) is 2. The van der Waals surface area contributed by atoms with Crippen molar-refractivity contribution in [1.82, 2.24) is 0 Å². The molecular weight excluding hydrogens is 176 g/mol. The van der Waals surface area contributed by atoms with E-state index in [1.807, 2.05) is 13.0 Å². The van der Waals surface area contributed by atoms with Crippen LogP contribution in [0.25, 0.3) is 6.08 Å². The van der Waals surface area contributed by atoms with Crippen LogP contribution in [0.2, 0.25) is 0 Å². The molecule has 1 aromatic carbocycles. The van der Waals surface area contributed by atoms with Crippen molar-refractivity contribution in [2.75, 3.05) is 0 Å². The van der Waals surface area contributed by atoms with Crippen LogP contribution < -0.4 is 11.5 Å². The van der Waals surface area contributed by atoms with E-state index in [1.54, 1.807) is 18.2 Å². The predicted molar refractivity (Wildman–Crippen MR) is 57.7 cm³/mol. The third-order valence-corrected chi connectivity index (χ3v) is 2.09. The molecular formula is C11H14N2O. The molecule has 0 fully saturated rings. The Morgan fingerprint density at radius 1 is 1.57 bits per heavy atom. The Balaban J connectivity index is 3.25. The van der Waals surface area contributed by atoms with Gasteiger partial charge in [0.25, 0.3) is 0 Å². The first-order chi connectivity index (χ1) is 6.56. The Hall–Kier alpha value is -1.61. The van der Waals surface area contributed by atoms with Crippen LogP contribution in [-0.2, 0) is 0 Å². The number of hydrogen-bond acceptors (Lipinski definition) is 2. The van der Waals surface area contributed by atoms with Crippen molar-refractivity contribution in [3.8, 4) is 0 Å². The van der Waals surface area contributed by atoms with E-state index in [1.165, 1.54) is 0 Å². The van der Waals surface area contributed by atoms with Crippen molar-refractivity contribution in [2.24, 2.45) is 11.5 Å². The van der Waals surface area contributed by atoms with E-state index in [0.29, 0.717) is 5.56 Å². The van der Waals surface area contributed by atoms with Gasteiger partial charge in [-0.1, -0.05) is 18.7 Å². The van der Waals surface area contributed by atoms with E-state index in [4.69, 9.17) is 11.5 Å². The maximum atomic E-state index is 11.0. The normalized spacial score (nSPS) is 12.1. The number of rotatable bonds is 3. The van der Waals surface area contributed by atoms with Gasteiger partial charge < -0.3 is 11.5 Å². The fourth-order valence-electron chi connectivity index (χ4n) is 1.26. The second-order valence-electron chi connectivity index (χ2n) is 3.20. The minimum atomic E-state index is -0.448. The molecule has 1 rings (SSSR count). The van der Waals surface area contributed by atoms with Gasteiger partial charge in [0.15, 0.2) is 0 Å². The highest BCUT2D eigenvalue weighted by atomic mass is 16.1. The molecule has 0 aliphatic heterocycles. The third kappa shape index (κ3) is 2.00. The Kier molecular flexibility index (Phi) is 3.04. The van der Waals surface area contributed by atoms with Crippen LogP contribution in [0.3, 0.4) is 0 Å². The smallest absolute Gasteiger partial charge is 0.249 e. The summed E-state index contributed by atoms with van der Waals surface area (Å²) in [6.45, 7) is 5.51. The Bertz CT molecular complexity index is 370. The van der Waals surface area contributed by atoms with Crippen molar-refractivity contribution in [3.63, 3.8) is 0 Å². The lowest BCUT2D eigenvalue weighted by atomic mass is 10.0. The molecule has 0 bridgehead atoms. The van der Waals surface area contributed by atoms with Gasteiger partial charge in [-0.05, 0) is 30.2 Å². The molecule has 0 spiro atoms. The lowest BCUT2D eigenvalue weighted by molar-refractivity contribution is 0.1000. The fourth-order valence-corrected chi connectivity index (χ4v) is 1.26. The van der Waals surface area contributed by atoms with E-state index in [2.05, 4.69) is 6.58 Å². The van der Waals surface area contributed by atoms with Crippen LogP contribution in [0.1, 0.15) is 34.5 Å². The predicted octanol–water partition coefficient (Wildman–Crippen LogP) is 1.45. The van der Waals surface area contributed by atoms with Crippen LogP contribution in [0, 0.1) is 0 Å². The first-order valence-electron chi connectivity index (χ1n) is 4.38. The molecule has 4 N–H and O–H groups in total. The first kappa shape index (κ1) is 10.5. The summed E-state index contributed by atoms with van der Waals surface area (Å²) in [5, 5.41) is 0. The van der Waals surface area contributed by atoms with Crippen LogP contribution in [0.15, 0.2) is 24.8 Å². The van der Waals surface area contributed by atoms with E-state index in [0.717, 1.165) is 11.1 Å². The largest absolute Gasteiger partial charge is 0.366 e. The summed E-state index contributed by atoms with van der Waals surface area (Å²) in [7, 11) is 0. The van der Waals surface area contributed by atoms with Gasteiger partial charge in [-0.25, -0.2) is 0 Å². The zero-order valence-electron chi connectivity index (χ0n) is 8.16. The van der Waals surface area contributed by atoms with Crippen molar-refractivity contribution < 1.29 is 4.79 Å². The number of primary amides is 1. The molecule has 1 unspecified atom stereocenters. The summed E-state index contributed by atoms with van der Waals surface area (Å²) in [4.78, 5) is 11.0. The lowest BCUT2D eigenvalue weighted by Gasteiger charge is -2.08. The molecule has 0 aliphatic rings. The minimum Gasteiger partial charge on any atom is -0.366 e. The number of nitrogens with two attached hydrogens (primary N) is 2. The molecule has 0 heterocycles. The topological polar surface area (TPSA) is 69.1 Å². The number of carbonyl (C=O) groups excluding carboxylic acids is 1. The van der Waals surface area contributed by atoms with Gasteiger partial charge in [-0.2, -0.15) is 0 Å². The van der Waals surface area contributed by atoms with Gasteiger partial charge in [0.2, 0.25) is 5.91 Å². The zero-order valence-corrected chi connectivity index (χ0v) is 8.16. The highest BCUT2D eigenvalue weighted by molar-refractivity contribution is 5.96. The molecule has 1 amide bonds. The van der Waals surface area contributed by atoms with E-state index in [9.17, 15) is 4.79 Å². The van der Waals surface area contributed by atoms with Crippen LogP contribution in [-0.4, -0.2) is 5.91 Å². The van der Waals surface area contributed by atoms with E-state index < -0.39 is 5.91 Å². The van der Waals surface area contributed by atoms with Gasteiger partial charge >= 0.3 is 0 Å². The molecule has 14 heavy (non-hydrogen) atoms. The lowest BCUT2D eigenvalue weighted by Crippen LogP contribution is -2.13. The maximum Gasteiger partial charge on any atom is 0.249 e. The summed E-state index contributed by atoms with van der Waals surface area (Å²) in [6, 6.07) is 5.25. The average Bonchev–Trinajstić information content (AvgIpc) is 2.16. The Labute approximate surface area is 83.4 Å². The van der Waals surface area contributed by atoms with Crippen LogP contribution in [0.5, 0.6) is 0 Å². The molecule has 0 saturated heterocycles. The SMILES string of the molecule is C=Cc1cc(C(C)N)ccc1C(N)=O. The zero-order chi connectivity index (χ0) is 10.7. The third-order valence-electron chi connectivity index (χ3n) is 2.09. The molecule has 0 radical (unpaired) electrons. The highest BCUT2D eigenvalue weighted by Crippen LogP contribution is 2.16. The number of benzene rings is 1. The molecule has 0 aromatic heterocycles. The van der Waals surface area contributed by atoms with Crippen LogP contribution in [0.4, 0.5) is 0 Å². The summed E-state index contributed by atoms with van der Waals surface area (Å²) in [5.74, 6) is -0.448.